The third-order valence-corrected chi connectivity index (χ3v) is 5.17. The molecule has 3 aromatic rings. The van der Waals surface area contributed by atoms with Gasteiger partial charge in [-0.2, -0.15) is 5.26 Å². The van der Waals surface area contributed by atoms with Crippen LogP contribution in [0.3, 0.4) is 0 Å². The molecular weight excluding hydrogens is 352 g/mol. The predicted octanol–water partition coefficient (Wildman–Crippen LogP) is 3.55. The summed E-state index contributed by atoms with van der Waals surface area (Å²) in [5.74, 6) is 0.735. The number of imidazole rings is 1. The maximum Gasteiger partial charge on any atom is 0.229 e. The number of carbonyl (C=O) groups excluding carboxylic acids is 1. The molecule has 1 heterocycles. The molecule has 28 heavy (non-hydrogen) atoms. The lowest BCUT2D eigenvalue weighted by Crippen LogP contribution is -2.29. The van der Waals surface area contributed by atoms with Gasteiger partial charge in [0.25, 0.3) is 0 Å². The van der Waals surface area contributed by atoms with Crippen molar-refractivity contribution in [2.24, 2.45) is 5.92 Å². The molecule has 0 bridgehead atoms. The third kappa shape index (κ3) is 3.75. The van der Waals surface area contributed by atoms with Crippen LogP contribution in [0.5, 0.6) is 0 Å². The van der Waals surface area contributed by atoms with Gasteiger partial charge in [-0.3, -0.25) is 10.1 Å². The summed E-state index contributed by atoms with van der Waals surface area (Å²) in [6.45, 7) is 2.39. The van der Waals surface area contributed by atoms with Crippen molar-refractivity contribution in [1.82, 2.24) is 9.55 Å². The van der Waals surface area contributed by atoms with Gasteiger partial charge in [0.15, 0.2) is 0 Å². The standard InChI is InChI=1S/C22H22N4O2/c1-22(28,17-5-3-2-4-6-17)12-20(27)25-21-24-18-10-9-16(13-23)11-19(18)26(21)14-15-7-8-15/h2-6,9-11,15,28H,7-8,12,14H2,1H3,(H,24,25,27). The summed E-state index contributed by atoms with van der Waals surface area (Å²) in [7, 11) is 0. The zero-order valence-corrected chi connectivity index (χ0v) is 15.7. The van der Waals surface area contributed by atoms with E-state index in [1.807, 2.05) is 22.8 Å². The highest BCUT2D eigenvalue weighted by atomic mass is 16.3. The average molecular weight is 374 g/mol. The van der Waals surface area contributed by atoms with Crippen LogP contribution >= 0.6 is 0 Å². The minimum absolute atomic E-state index is 0.0763. The van der Waals surface area contributed by atoms with Crippen molar-refractivity contribution in [2.45, 2.75) is 38.3 Å². The molecule has 2 N–H and O–H groups in total. The van der Waals surface area contributed by atoms with E-state index >= 15 is 0 Å². The van der Waals surface area contributed by atoms with Crippen molar-refractivity contribution in [3.05, 3.63) is 59.7 Å². The van der Waals surface area contributed by atoms with Gasteiger partial charge in [0.2, 0.25) is 11.9 Å². The van der Waals surface area contributed by atoms with E-state index in [1.54, 1.807) is 37.3 Å². The molecular formula is C22H22N4O2. The number of nitriles is 1. The molecule has 1 aliphatic carbocycles. The molecule has 1 aliphatic rings. The molecule has 4 rings (SSSR count). The zero-order valence-electron chi connectivity index (χ0n) is 15.7. The second-order valence-corrected chi connectivity index (χ2v) is 7.67. The first-order valence-corrected chi connectivity index (χ1v) is 9.44. The largest absolute Gasteiger partial charge is 0.385 e. The number of nitrogens with one attached hydrogen (secondary N) is 1. The molecule has 6 nitrogen and oxygen atoms in total. The van der Waals surface area contributed by atoms with Crippen LogP contribution in [0.1, 0.15) is 37.3 Å². The average Bonchev–Trinajstić information content (AvgIpc) is 3.44. The molecule has 0 radical (unpaired) electrons. The minimum Gasteiger partial charge on any atom is -0.385 e. The van der Waals surface area contributed by atoms with Gasteiger partial charge in [0.1, 0.15) is 0 Å². The van der Waals surface area contributed by atoms with Crippen LogP contribution in [-0.2, 0) is 16.9 Å². The molecule has 1 aromatic heterocycles. The number of amides is 1. The number of anilines is 1. The Bertz CT molecular complexity index is 1060. The Hall–Kier alpha value is -3.17. The number of carbonyl (C=O) groups is 1. The molecule has 2 aromatic carbocycles. The smallest absolute Gasteiger partial charge is 0.229 e. The number of benzene rings is 2. The Morgan fingerprint density at radius 2 is 2.07 bits per heavy atom. The van der Waals surface area contributed by atoms with Crippen LogP contribution in [0.4, 0.5) is 5.95 Å². The number of hydrogen-bond donors (Lipinski definition) is 2. The number of nitrogens with zero attached hydrogens (tertiary/aromatic N) is 3. The van der Waals surface area contributed by atoms with Gasteiger partial charge in [-0.25, -0.2) is 4.98 Å². The van der Waals surface area contributed by atoms with E-state index in [2.05, 4.69) is 16.4 Å². The molecule has 142 valence electrons. The summed E-state index contributed by atoms with van der Waals surface area (Å²) in [5.41, 5.74) is 1.57. The molecule has 0 aliphatic heterocycles. The lowest BCUT2D eigenvalue weighted by molar-refractivity contribution is -0.120. The third-order valence-electron chi connectivity index (χ3n) is 5.17. The first-order valence-electron chi connectivity index (χ1n) is 9.44. The molecule has 1 saturated carbocycles. The maximum atomic E-state index is 12.7. The van der Waals surface area contributed by atoms with Crippen LogP contribution in [-0.4, -0.2) is 20.6 Å². The lowest BCUT2D eigenvalue weighted by atomic mass is 9.92. The summed E-state index contributed by atoms with van der Waals surface area (Å²) in [6, 6.07) is 16.6. The summed E-state index contributed by atoms with van der Waals surface area (Å²) < 4.78 is 1.98. The fourth-order valence-electron chi connectivity index (χ4n) is 3.41. The summed E-state index contributed by atoms with van der Waals surface area (Å²) in [5, 5.41) is 22.8. The second kappa shape index (κ2) is 7.10. The topological polar surface area (TPSA) is 90.9 Å². The highest BCUT2D eigenvalue weighted by molar-refractivity contribution is 5.92. The molecule has 0 spiro atoms. The Kier molecular flexibility index (Phi) is 4.62. The van der Waals surface area contributed by atoms with E-state index in [0.29, 0.717) is 23.0 Å². The number of hydrogen-bond acceptors (Lipinski definition) is 4. The molecule has 1 fully saturated rings. The van der Waals surface area contributed by atoms with Gasteiger partial charge >= 0.3 is 0 Å². The van der Waals surface area contributed by atoms with Gasteiger partial charge in [-0.05, 0) is 49.4 Å². The highest BCUT2D eigenvalue weighted by Gasteiger charge is 2.28. The van der Waals surface area contributed by atoms with E-state index in [9.17, 15) is 15.2 Å². The van der Waals surface area contributed by atoms with E-state index in [4.69, 9.17) is 0 Å². The van der Waals surface area contributed by atoms with Crippen LogP contribution in [0.15, 0.2) is 48.5 Å². The molecule has 1 atom stereocenters. The van der Waals surface area contributed by atoms with Crippen LogP contribution in [0.2, 0.25) is 0 Å². The molecule has 0 saturated heterocycles. The summed E-state index contributed by atoms with van der Waals surface area (Å²) in [6.07, 6.45) is 2.24. The minimum atomic E-state index is -1.27. The van der Waals surface area contributed by atoms with Crippen molar-refractivity contribution < 1.29 is 9.90 Å². The SMILES string of the molecule is CC(O)(CC(=O)Nc1nc2ccc(C#N)cc2n1CC1CC1)c1ccccc1. The number of fused-ring (bicyclic) bond motifs is 1. The van der Waals surface area contributed by atoms with Crippen molar-refractivity contribution in [3.63, 3.8) is 0 Å². The molecule has 6 heteroatoms. The van der Waals surface area contributed by atoms with Crippen molar-refractivity contribution >= 4 is 22.9 Å². The quantitative estimate of drug-likeness (QED) is 0.690. The second-order valence-electron chi connectivity index (χ2n) is 7.67. The Labute approximate surface area is 163 Å². The molecule has 1 amide bonds. The van der Waals surface area contributed by atoms with E-state index in [1.165, 1.54) is 0 Å². The van der Waals surface area contributed by atoms with E-state index < -0.39 is 5.60 Å². The van der Waals surface area contributed by atoms with Crippen molar-refractivity contribution in [3.8, 4) is 6.07 Å². The van der Waals surface area contributed by atoms with Crippen LogP contribution < -0.4 is 5.32 Å². The number of aromatic nitrogens is 2. The van der Waals surface area contributed by atoms with Gasteiger partial charge in [0, 0.05) is 6.54 Å². The Balaban J connectivity index is 1.60. The highest BCUT2D eigenvalue weighted by Crippen LogP contribution is 2.34. The fraction of sp³-hybridized carbons (Fsp3) is 0.318. The number of aliphatic hydroxyl groups is 1. The van der Waals surface area contributed by atoms with Crippen LogP contribution in [0, 0.1) is 17.2 Å². The predicted molar refractivity (Wildman–Crippen MR) is 106 cm³/mol. The molecule has 1 unspecified atom stereocenters. The van der Waals surface area contributed by atoms with E-state index in [-0.39, 0.29) is 12.3 Å². The van der Waals surface area contributed by atoms with E-state index in [0.717, 1.165) is 30.4 Å². The van der Waals surface area contributed by atoms with Crippen molar-refractivity contribution in [2.75, 3.05) is 5.32 Å². The Morgan fingerprint density at radius 1 is 1.32 bits per heavy atom. The monoisotopic (exact) mass is 374 g/mol. The first-order chi connectivity index (χ1) is 13.5. The van der Waals surface area contributed by atoms with Gasteiger partial charge in [-0.1, -0.05) is 30.3 Å². The summed E-state index contributed by atoms with van der Waals surface area (Å²) >= 11 is 0. The summed E-state index contributed by atoms with van der Waals surface area (Å²) in [4.78, 5) is 17.2. The fourth-order valence-corrected chi connectivity index (χ4v) is 3.41. The Morgan fingerprint density at radius 3 is 2.75 bits per heavy atom. The van der Waals surface area contributed by atoms with Crippen molar-refractivity contribution in [1.29, 1.82) is 5.26 Å². The maximum absolute atomic E-state index is 12.7. The first kappa shape index (κ1) is 18.2. The zero-order chi connectivity index (χ0) is 19.7. The lowest BCUT2D eigenvalue weighted by Gasteiger charge is -2.23. The van der Waals surface area contributed by atoms with Crippen LogP contribution in [0.25, 0.3) is 11.0 Å². The number of rotatable bonds is 6. The van der Waals surface area contributed by atoms with Gasteiger partial charge < -0.3 is 9.67 Å². The van der Waals surface area contributed by atoms with Gasteiger partial charge in [-0.15, -0.1) is 0 Å². The normalized spacial score (nSPS) is 15.8. The van der Waals surface area contributed by atoms with Gasteiger partial charge in [0.05, 0.1) is 34.7 Å².